The molecule has 0 saturated carbocycles. The minimum absolute atomic E-state index is 0.133. The number of fused-ring (bicyclic) bond motifs is 1. The molecule has 0 N–H and O–H groups in total. The summed E-state index contributed by atoms with van der Waals surface area (Å²) in [5.41, 5.74) is 0. The predicted octanol–water partition coefficient (Wildman–Crippen LogP) is 0.635. The van der Waals surface area contributed by atoms with Crippen LogP contribution in [0.5, 0.6) is 0 Å². The molecule has 0 bridgehead atoms. The van der Waals surface area contributed by atoms with E-state index in [0.29, 0.717) is 5.92 Å². The second kappa shape index (κ2) is 5.12. The molecule has 5 heteroatoms. The first-order valence-corrected chi connectivity index (χ1v) is 7.37. The van der Waals surface area contributed by atoms with E-state index >= 15 is 0 Å². The van der Waals surface area contributed by atoms with Crippen LogP contribution < -0.4 is 0 Å². The molecule has 2 unspecified atom stereocenters. The van der Waals surface area contributed by atoms with Crippen molar-refractivity contribution in [3.05, 3.63) is 0 Å². The van der Waals surface area contributed by atoms with Crippen molar-refractivity contribution in [2.24, 2.45) is 5.92 Å². The van der Waals surface area contributed by atoms with Gasteiger partial charge in [-0.1, -0.05) is 0 Å². The summed E-state index contributed by atoms with van der Waals surface area (Å²) in [5, 5.41) is 0. The molecule has 0 aromatic rings. The van der Waals surface area contributed by atoms with Gasteiger partial charge in [0.15, 0.2) is 0 Å². The fourth-order valence-electron chi connectivity index (χ4n) is 3.50. The lowest BCUT2D eigenvalue weighted by Crippen LogP contribution is -2.62. The van der Waals surface area contributed by atoms with E-state index in [-0.39, 0.29) is 23.9 Å². The Hall–Kier alpha value is -1.10. The second-order valence-electron chi connectivity index (χ2n) is 5.91. The third-order valence-corrected chi connectivity index (χ3v) is 4.72. The number of ether oxygens (including phenoxy) is 1. The summed E-state index contributed by atoms with van der Waals surface area (Å²) in [4.78, 5) is 28.5. The molecule has 2 amide bonds. The van der Waals surface area contributed by atoms with Gasteiger partial charge in [0.25, 0.3) is 0 Å². The van der Waals surface area contributed by atoms with Gasteiger partial charge in [-0.2, -0.15) is 0 Å². The van der Waals surface area contributed by atoms with Crippen molar-refractivity contribution in [2.45, 2.75) is 44.7 Å². The lowest BCUT2D eigenvalue weighted by molar-refractivity contribution is -0.159. The Morgan fingerprint density at radius 2 is 1.89 bits per heavy atom. The maximum absolute atomic E-state index is 12.5. The predicted molar refractivity (Wildman–Crippen MR) is 69.5 cm³/mol. The molecule has 106 valence electrons. The van der Waals surface area contributed by atoms with Crippen molar-refractivity contribution in [2.75, 3.05) is 26.3 Å². The fraction of sp³-hybridized carbons (Fsp3) is 0.857. The molecule has 3 heterocycles. The van der Waals surface area contributed by atoms with E-state index in [4.69, 9.17) is 4.74 Å². The summed E-state index contributed by atoms with van der Waals surface area (Å²) >= 11 is 0. The quantitative estimate of drug-likeness (QED) is 0.737. The highest BCUT2D eigenvalue weighted by Gasteiger charge is 2.46. The minimum Gasteiger partial charge on any atom is -0.381 e. The van der Waals surface area contributed by atoms with Gasteiger partial charge in [0, 0.05) is 26.3 Å². The topological polar surface area (TPSA) is 49.9 Å². The lowest BCUT2D eigenvalue weighted by atomic mass is 9.97. The van der Waals surface area contributed by atoms with Crippen LogP contribution in [0.2, 0.25) is 0 Å². The largest absolute Gasteiger partial charge is 0.381 e. The van der Waals surface area contributed by atoms with Gasteiger partial charge in [0.05, 0.1) is 0 Å². The average molecular weight is 266 g/mol. The molecule has 3 rings (SSSR count). The van der Waals surface area contributed by atoms with E-state index < -0.39 is 0 Å². The van der Waals surface area contributed by atoms with Crippen molar-refractivity contribution in [1.29, 1.82) is 0 Å². The molecule has 5 nitrogen and oxygen atoms in total. The van der Waals surface area contributed by atoms with Crippen LogP contribution >= 0.6 is 0 Å². The number of hydrogen-bond donors (Lipinski definition) is 0. The summed E-state index contributed by atoms with van der Waals surface area (Å²) < 4.78 is 5.35. The normalized spacial score (nSPS) is 32.9. The third kappa shape index (κ3) is 2.24. The van der Waals surface area contributed by atoms with Crippen molar-refractivity contribution < 1.29 is 14.3 Å². The van der Waals surface area contributed by atoms with Gasteiger partial charge in [-0.05, 0) is 38.5 Å². The Morgan fingerprint density at radius 3 is 2.63 bits per heavy atom. The van der Waals surface area contributed by atoms with Crippen LogP contribution in [0.4, 0.5) is 0 Å². The number of amides is 2. The van der Waals surface area contributed by atoms with Crippen LogP contribution in [0.3, 0.4) is 0 Å². The molecule has 3 aliphatic heterocycles. The fourth-order valence-corrected chi connectivity index (χ4v) is 3.50. The number of piperazine rings is 1. The average Bonchev–Trinajstić information content (AvgIpc) is 2.92. The molecule has 0 aromatic carbocycles. The van der Waals surface area contributed by atoms with Gasteiger partial charge in [-0.15, -0.1) is 0 Å². The molecular formula is C14H22N2O3. The van der Waals surface area contributed by atoms with Gasteiger partial charge in [-0.3, -0.25) is 9.59 Å². The molecular weight excluding hydrogens is 244 g/mol. The van der Waals surface area contributed by atoms with Crippen LogP contribution in [0.25, 0.3) is 0 Å². The third-order valence-electron chi connectivity index (χ3n) is 4.72. The summed E-state index contributed by atoms with van der Waals surface area (Å²) in [6, 6.07) is -0.465. The van der Waals surface area contributed by atoms with Crippen LogP contribution in [0.1, 0.15) is 32.6 Å². The molecule has 2 atom stereocenters. The van der Waals surface area contributed by atoms with E-state index in [2.05, 4.69) is 0 Å². The zero-order valence-electron chi connectivity index (χ0n) is 11.5. The SMILES string of the molecule is CC1C(=O)N2CCCC2C(=O)N1CC1CCOCC1. The molecule has 0 aliphatic carbocycles. The number of rotatable bonds is 2. The van der Waals surface area contributed by atoms with Crippen molar-refractivity contribution >= 4 is 11.8 Å². The van der Waals surface area contributed by atoms with E-state index in [1.54, 1.807) is 4.90 Å². The lowest BCUT2D eigenvalue weighted by Gasteiger charge is -2.42. The summed E-state index contributed by atoms with van der Waals surface area (Å²) in [7, 11) is 0. The van der Waals surface area contributed by atoms with Gasteiger partial charge >= 0.3 is 0 Å². The van der Waals surface area contributed by atoms with Gasteiger partial charge in [-0.25, -0.2) is 0 Å². The van der Waals surface area contributed by atoms with E-state index in [1.807, 2.05) is 11.8 Å². The summed E-state index contributed by atoms with van der Waals surface area (Å²) in [6.45, 7) is 4.91. The van der Waals surface area contributed by atoms with Crippen molar-refractivity contribution in [3.8, 4) is 0 Å². The van der Waals surface area contributed by atoms with E-state index in [0.717, 1.165) is 52.0 Å². The van der Waals surface area contributed by atoms with E-state index in [1.165, 1.54) is 0 Å². The van der Waals surface area contributed by atoms with Gasteiger partial charge < -0.3 is 14.5 Å². The monoisotopic (exact) mass is 266 g/mol. The second-order valence-corrected chi connectivity index (χ2v) is 5.91. The number of hydrogen-bond acceptors (Lipinski definition) is 3. The van der Waals surface area contributed by atoms with Crippen molar-refractivity contribution in [3.63, 3.8) is 0 Å². The molecule has 3 saturated heterocycles. The molecule has 0 aromatic heterocycles. The Bertz CT molecular complexity index is 379. The number of carbonyl (C=O) groups excluding carboxylic acids is 2. The maximum atomic E-state index is 12.5. The molecule has 0 spiro atoms. The minimum atomic E-state index is -0.287. The van der Waals surface area contributed by atoms with Crippen LogP contribution in [0.15, 0.2) is 0 Å². The first-order valence-electron chi connectivity index (χ1n) is 7.37. The van der Waals surface area contributed by atoms with Crippen LogP contribution in [-0.2, 0) is 14.3 Å². The molecule has 3 aliphatic rings. The van der Waals surface area contributed by atoms with Gasteiger partial charge in [0.2, 0.25) is 11.8 Å². The van der Waals surface area contributed by atoms with E-state index in [9.17, 15) is 9.59 Å². The molecule has 19 heavy (non-hydrogen) atoms. The number of carbonyl (C=O) groups is 2. The Morgan fingerprint density at radius 1 is 1.16 bits per heavy atom. The Kier molecular flexibility index (Phi) is 3.48. The highest BCUT2D eigenvalue weighted by molar-refractivity contribution is 5.97. The first-order chi connectivity index (χ1) is 9.18. The zero-order chi connectivity index (χ0) is 13.4. The Labute approximate surface area is 113 Å². The zero-order valence-corrected chi connectivity index (χ0v) is 11.5. The Balaban J connectivity index is 1.72. The standard InChI is InChI=1S/C14H22N2O3/c1-10-13(17)15-6-2-3-12(15)14(18)16(10)9-11-4-7-19-8-5-11/h10-12H,2-9H2,1H3. The van der Waals surface area contributed by atoms with Crippen LogP contribution in [-0.4, -0.2) is 60.0 Å². The molecule has 3 fully saturated rings. The maximum Gasteiger partial charge on any atom is 0.246 e. The summed E-state index contributed by atoms with van der Waals surface area (Å²) in [5.74, 6) is 0.783. The van der Waals surface area contributed by atoms with Crippen molar-refractivity contribution in [1.82, 2.24) is 9.80 Å². The van der Waals surface area contributed by atoms with Crippen LogP contribution in [0, 0.1) is 5.92 Å². The summed E-state index contributed by atoms with van der Waals surface area (Å²) in [6.07, 6.45) is 3.79. The molecule has 0 radical (unpaired) electrons. The highest BCUT2D eigenvalue weighted by Crippen LogP contribution is 2.28. The van der Waals surface area contributed by atoms with Gasteiger partial charge in [0.1, 0.15) is 12.1 Å². The smallest absolute Gasteiger partial charge is 0.246 e. The highest BCUT2D eigenvalue weighted by atomic mass is 16.5. The number of nitrogens with zero attached hydrogens (tertiary/aromatic N) is 2. The first kappa shape index (κ1) is 12.9.